The zero-order chi connectivity index (χ0) is 23.9. The SMILES string of the molecule is C[C@H](CC(=O)N[C@@H](C)C12CC3CC(CC(C3)C1)C2)CC(=O)N1CCN(c2ccc(F)cc2)CC1. The summed E-state index contributed by atoms with van der Waals surface area (Å²) in [6.45, 7) is 7.06. The monoisotopic (exact) mass is 469 g/mol. The Morgan fingerprint density at radius 1 is 0.941 bits per heavy atom. The van der Waals surface area contributed by atoms with Crippen LogP contribution in [0.5, 0.6) is 0 Å². The van der Waals surface area contributed by atoms with Crippen molar-refractivity contribution in [3.05, 3.63) is 30.1 Å². The van der Waals surface area contributed by atoms with Crippen molar-refractivity contribution in [2.24, 2.45) is 29.1 Å². The minimum atomic E-state index is -0.233. The number of hydrogen-bond acceptors (Lipinski definition) is 3. The van der Waals surface area contributed by atoms with Gasteiger partial charge in [0.2, 0.25) is 11.8 Å². The van der Waals surface area contributed by atoms with Crippen molar-refractivity contribution in [1.29, 1.82) is 0 Å². The number of piperazine rings is 1. The summed E-state index contributed by atoms with van der Waals surface area (Å²) >= 11 is 0. The van der Waals surface area contributed by atoms with Crippen LogP contribution < -0.4 is 10.2 Å². The molecule has 0 radical (unpaired) electrons. The lowest BCUT2D eigenvalue weighted by Gasteiger charge is -2.59. The summed E-state index contributed by atoms with van der Waals surface area (Å²) in [6, 6.07) is 6.76. The molecule has 6 heteroatoms. The van der Waals surface area contributed by atoms with Gasteiger partial charge in [-0.25, -0.2) is 4.39 Å². The molecule has 1 aromatic rings. The summed E-state index contributed by atoms with van der Waals surface area (Å²) in [4.78, 5) is 29.8. The fourth-order valence-electron chi connectivity index (χ4n) is 7.84. The fourth-order valence-corrected chi connectivity index (χ4v) is 7.84. The molecule has 1 N–H and O–H groups in total. The molecule has 1 saturated heterocycles. The number of carbonyl (C=O) groups is 2. The third kappa shape index (κ3) is 4.96. The predicted molar refractivity (Wildman–Crippen MR) is 132 cm³/mol. The molecular formula is C28H40FN3O2. The number of carbonyl (C=O) groups excluding carboxylic acids is 2. The van der Waals surface area contributed by atoms with Gasteiger partial charge in [-0.3, -0.25) is 9.59 Å². The van der Waals surface area contributed by atoms with E-state index in [0.29, 0.717) is 31.3 Å². The first-order valence-electron chi connectivity index (χ1n) is 13.4. The second-order valence-corrected chi connectivity index (χ2v) is 11.9. The lowest BCUT2D eigenvalue weighted by Crippen LogP contribution is -2.56. The number of benzene rings is 1. The molecule has 2 atom stereocenters. The Morgan fingerprint density at radius 3 is 2.06 bits per heavy atom. The molecule has 0 spiro atoms. The maximum absolute atomic E-state index is 13.2. The summed E-state index contributed by atoms with van der Waals surface area (Å²) in [7, 11) is 0. The average Bonchev–Trinajstić information content (AvgIpc) is 2.78. The third-order valence-corrected chi connectivity index (χ3v) is 9.26. The van der Waals surface area contributed by atoms with E-state index in [9.17, 15) is 14.0 Å². The number of amides is 2. The molecule has 5 nitrogen and oxygen atoms in total. The van der Waals surface area contributed by atoms with Gasteiger partial charge in [0, 0.05) is 50.7 Å². The van der Waals surface area contributed by atoms with E-state index in [4.69, 9.17) is 0 Å². The van der Waals surface area contributed by atoms with Crippen LogP contribution in [0.15, 0.2) is 24.3 Å². The first-order chi connectivity index (χ1) is 16.3. The van der Waals surface area contributed by atoms with Gasteiger partial charge in [0.1, 0.15) is 5.82 Å². The second-order valence-electron chi connectivity index (χ2n) is 11.9. The van der Waals surface area contributed by atoms with Crippen molar-refractivity contribution in [2.75, 3.05) is 31.1 Å². The highest BCUT2D eigenvalue weighted by Gasteiger charge is 2.53. The fraction of sp³-hybridized carbons (Fsp3) is 0.714. The van der Waals surface area contributed by atoms with Gasteiger partial charge in [-0.15, -0.1) is 0 Å². The number of anilines is 1. The Bertz CT molecular complexity index is 858. The molecule has 1 aromatic carbocycles. The molecular weight excluding hydrogens is 429 g/mol. The van der Waals surface area contributed by atoms with E-state index in [1.165, 1.54) is 50.7 Å². The molecule has 5 aliphatic rings. The van der Waals surface area contributed by atoms with E-state index in [0.717, 1.165) is 36.5 Å². The summed E-state index contributed by atoms with van der Waals surface area (Å²) in [6.07, 6.45) is 8.94. The van der Waals surface area contributed by atoms with Gasteiger partial charge >= 0.3 is 0 Å². The number of hydrogen-bond donors (Lipinski definition) is 1. The molecule has 1 heterocycles. The summed E-state index contributed by atoms with van der Waals surface area (Å²) in [5.74, 6) is 2.67. The van der Waals surface area contributed by atoms with Crippen molar-refractivity contribution in [3.8, 4) is 0 Å². The van der Waals surface area contributed by atoms with Crippen molar-refractivity contribution in [1.82, 2.24) is 10.2 Å². The molecule has 4 aliphatic carbocycles. The third-order valence-electron chi connectivity index (χ3n) is 9.26. The van der Waals surface area contributed by atoms with Crippen LogP contribution in [-0.4, -0.2) is 48.9 Å². The van der Waals surface area contributed by atoms with Gasteiger partial charge in [0.05, 0.1) is 0 Å². The smallest absolute Gasteiger partial charge is 0.222 e. The molecule has 2 amide bonds. The average molecular weight is 470 g/mol. The maximum Gasteiger partial charge on any atom is 0.222 e. The first kappa shape index (κ1) is 23.6. The normalized spacial score (nSPS) is 31.9. The Morgan fingerprint density at radius 2 is 1.50 bits per heavy atom. The zero-order valence-corrected chi connectivity index (χ0v) is 20.8. The van der Waals surface area contributed by atoms with Crippen LogP contribution in [0.4, 0.5) is 10.1 Å². The van der Waals surface area contributed by atoms with E-state index in [1.54, 1.807) is 12.1 Å². The van der Waals surface area contributed by atoms with Crippen LogP contribution in [0.2, 0.25) is 0 Å². The van der Waals surface area contributed by atoms with E-state index in [2.05, 4.69) is 17.1 Å². The van der Waals surface area contributed by atoms with Crippen molar-refractivity contribution < 1.29 is 14.0 Å². The molecule has 34 heavy (non-hydrogen) atoms. The van der Waals surface area contributed by atoms with Gasteiger partial charge in [-0.05, 0) is 98.8 Å². The van der Waals surface area contributed by atoms with Crippen molar-refractivity contribution in [3.63, 3.8) is 0 Å². The molecule has 6 rings (SSSR count). The van der Waals surface area contributed by atoms with E-state index >= 15 is 0 Å². The quantitative estimate of drug-likeness (QED) is 0.634. The van der Waals surface area contributed by atoms with Crippen LogP contribution in [0.3, 0.4) is 0 Å². The van der Waals surface area contributed by atoms with Crippen molar-refractivity contribution in [2.45, 2.75) is 71.3 Å². The molecule has 186 valence electrons. The first-order valence-corrected chi connectivity index (χ1v) is 13.4. The summed E-state index contributed by atoms with van der Waals surface area (Å²) in [5.41, 5.74) is 1.31. The molecule has 4 bridgehead atoms. The van der Waals surface area contributed by atoms with Gasteiger partial charge in [-0.2, -0.15) is 0 Å². The van der Waals surface area contributed by atoms with E-state index < -0.39 is 0 Å². The highest BCUT2D eigenvalue weighted by atomic mass is 19.1. The van der Waals surface area contributed by atoms with Crippen molar-refractivity contribution >= 4 is 17.5 Å². The Balaban J connectivity index is 1.06. The van der Waals surface area contributed by atoms with Gasteiger partial charge in [0.15, 0.2) is 0 Å². The van der Waals surface area contributed by atoms with Gasteiger partial charge < -0.3 is 15.1 Å². The van der Waals surface area contributed by atoms with Crippen LogP contribution >= 0.6 is 0 Å². The number of nitrogens with zero attached hydrogens (tertiary/aromatic N) is 2. The summed E-state index contributed by atoms with van der Waals surface area (Å²) < 4.78 is 13.2. The van der Waals surface area contributed by atoms with Crippen LogP contribution in [-0.2, 0) is 9.59 Å². The highest BCUT2D eigenvalue weighted by molar-refractivity contribution is 5.80. The molecule has 0 aromatic heterocycles. The van der Waals surface area contributed by atoms with Gasteiger partial charge in [-0.1, -0.05) is 6.92 Å². The van der Waals surface area contributed by atoms with Crippen LogP contribution in [0.1, 0.15) is 65.2 Å². The number of halogens is 1. The Kier molecular flexibility index (Phi) is 6.60. The standard InChI is InChI=1S/C28H40FN3O2/c1-19(12-27(34)32-9-7-31(8-10-32)25-5-3-24(29)4-6-25)11-26(33)30-20(2)28-16-21-13-22(17-28)15-23(14-21)18-28/h3-6,19-23H,7-18H2,1-2H3,(H,30,33)/t19-,20+,21?,22?,23?,28?/m1/s1. The lowest BCUT2D eigenvalue weighted by molar-refractivity contribution is -0.133. The number of rotatable bonds is 7. The van der Waals surface area contributed by atoms with Gasteiger partial charge in [0.25, 0.3) is 0 Å². The predicted octanol–water partition coefficient (Wildman–Crippen LogP) is 4.61. The number of nitrogens with one attached hydrogen (secondary N) is 1. The minimum Gasteiger partial charge on any atom is -0.368 e. The van der Waals surface area contributed by atoms with E-state index in [1.807, 2.05) is 11.8 Å². The maximum atomic E-state index is 13.2. The second kappa shape index (κ2) is 9.50. The largest absolute Gasteiger partial charge is 0.368 e. The summed E-state index contributed by atoms with van der Waals surface area (Å²) in [5, 5.41) is 3.35. The minimum absolute atomic E-state index is 0.0335. The highest BCUT2D eigenvalue weighted by Crippen LogP contribution is 2.61. The Labute approximate surface area is 203 Å². The molecule has 1 aliphatic heterocycles. The molecule has 4 saturated carbocycles. The topological polar surface area (TPSA) is 52.7 Å². The molecule has 5 fully saturated rings. The Hall–Kier alpha value is -2.11. The van der Waals surface area contributed by atoms with Crippen LogP contribution in [0, 0.1) is 34.9 Å². The van der Waals surface area contributed by atoms with Crippen LogP contribution in [0.25, 0.3) is 0 Å². The lowest BCUT2D eigenvalue weighted by atomic mass is 9.48. The molecule has 0 unspecified atom stereocenters. The zero-order valence-electron chi connectivity index (χ0n) is 20.8. The van der Waals surface area contributed by atoms with E-state index in [-0.39, 0.29) is 29.6 Å².